The van der Waals surface area contributed by atoms with Gasteiger partial charge in [-0.05, 0) is 43.2 Å². The van der Waals surface area contributed by atoms with Crippen molar-refractivity contribution in [3.8, 4) is 0 Å². The minimum Gasteiger partial charge on any atom is -0.452 e. The summed E-state index contributed by atoms with van der Waals surface area (Å²) in [5.74, 6) is 0.124. The molecule has 2 amide bonds. The molecule has 0 aliphatic carbocycles. The van der Waals surface area contributed by atoms with Gasteiger partial charge in [0.15, 0.2) is 0 Å². The van der Waals surface area contributed by atoms with Crippen LogP contribution < -0.4 is 10.2 Å². The number of nitrogens with one attached hydrogen (secondary N) is 1. The molecule has 2 aromatic rings. The number of nitrogens with zero attached hydrogens (tertiary/aromatic N) is 3. The topological polar surface area (TPSA) is 76.5 Å². The quantitative estimate of drug-likeness (QED) is 0.726. The van der Waals surface area contributed by atoms with Crippen LogP contribution >= 0.6 is 11.6 Å². The van der Waals surface area contributed by atoms with Crippen LogP contribution in [-0.4, -0.2) is 35.9 Å². The molecule has 0 atom stereocenters. The van der Waals surface area contributed by atoms with Crippen LogP contribution in [0.15, 0.2) is 30.3 Å². The smallest absolute Gasteiger partial charge is 0.413 e. The summed E-state index contributed by atoms with van der Waals surface area (Å²) in [7, 11) is 2.92. The standard InChI is InChI=1S/C20H25ClN4O3/c1-13(2)12-25-19(21)17(14(3)23-25)10-11-18(26)22-15-6-8-16(9-7-15)24(4)20(27)28-5/h6-11,13H,12H2,1-5H3,(H,22,26)/b11-10+. The van der Waals surface area contributed by atoms with Gasteiger partial charge in [-0.15, -0.1) is 0 Å². The third-order valence-electron chi connectivity index (χ3n) is 4.02. The fourth-order valence-corrected chi connectivity index (χ4v) is 2.88. The van der Waals surface area contributed by atoms with E-state index in [-0.39, 0.29) is 5.91 Å². The lowest BCUT2D eigenvalue weighted by molar-refractivity contribution is -0.111. The second-order valence-corrected chi connectivity index (χ2v) is 7.12. The van der Waals surface area contributed by atoms with Gasteiger partial charge in [-0.3, -0.25) is 14.4 Å². The van der Waals surface area contributed by atoms with E-state index < -0.39 is 6.09 Å². The van der Waals surface area contributed by atoms with E-state index >= 15 is 0 Å². The number of benzene rings is 1. The highest BCUT2D eigenvalue weighted by Crippen LogP contribution is 2.22. The Morgan fingerprint density at radius 1 is 1.32 bits per heavy atom. The number of amides is 2. The van der Waals surface area contributed by atoms with Crippen molar-refractivity contribution in [3.63, 3.8) is 0 Å². The normalized spacial score (nSPS) is 11.1. The van der Waals surface area contributed by atoms with E-state index in [0.717, 1.165) is 11.3 Å². The summed E-state index contributed by atoms with van der Waals surface area (Å²) in [6.45, 7) is 6.75. The Kier molecular flexibility index (Phi) is 7.23. The number of carbonyl (C=O) groups is 2. The molecule has 1 N–H and O–H groups in total. The average molecular weight is 405 g/mol. The number of halogens is 1. The molecule has 1 aromatic heterocycles. The fourth-order valence-electron chi connectivity index (χ4n) is 2.58. The van der Waals surface area contributed by atoms with Gasteiger partial charge in [-0.2, -0.15) is 5.10 Å². The van der Waals surface area contributed by atoms with E-state index in [2.05, 4.69) is 29.0 Å². The third kappa shape index (κ3) is 5.36. The Bertz CT molecular complexity index is 872. The molecule has 1 heterocycles. The number of carbonyl (C=O) groups excluding carboxylic acids is 2. The Morgan fingerprint density at radius 3 is 2.54 bits per heavy atom. The zero-order chi connectivity index (χ0) is 20.8. The molecule has 0 unspecified atom stereocenters. The maximum absolute atomic E-state index is 12.2. The van der Waals surface area contributed by atoms with Crippen LogP contribution in [0.4, 0.5) is 16.2 Å². The van der Waals surface area contributed by atoms with Crippen molar-refractivity contribution in [3.05, 3.63) is 46.8 Å². The molecule has 0 aliphatic rings. The molecule has 2 rings (SSSR count). The number of ether oxygens (including phenoxy) is 1. The third-order valence-corrected chi connectivity index (χ3v) is 4.42. The van der Waals surface area contributed by atoms with Crippen molar-refractivity contribution >= 4 is 41.1 Å². The van der Waals surface area contributed by atoms with Gasteiger partial charge in [0.25, 0.3) is 0 Å². The second-order valence-electron chi connectivity index (χ2n) is 6.76. The Labute approximate surface area is 169 Å². The predicted molar refractivity (Wildman–Crippen MR) is 112 cm³/mol. The molecular weight excluding hydrogens is 380 g/mol. The van der Waals surface area contributed by atoms with E-state index in [4.69, 9.17) is 11.6 Å². The highest BCUT2D eigenvalue weighted by atomic mass is 35.5. The molecule has 0 aliphatic heterocycles. The van der Waals surface area contributed by atoms with Gasteiger partial charge in [0.1, 0.15) is 5.15 Å². The summed E-state index contributed by atoms with van der Waals surface area (Å²) in [4.78, 5) is 25.1. The lowest BCUT2D eigenvalue weighted by atomic mass is 10.2. The number of anilines is 2. The molecule has 0 saturated heterocycles. The highest BCUT2D eigenvalue weighted by molar-refractivity contribution is 6.31. The number of hydrogen-bond acceptors (Lipinski definition) is 4. The van der Waals surface area contributed by atoms with Crippen LogP contribution in [0.2, 0.25) is 5.15 Å². The van der Waals surface area contributed by atoms with E-state index in [9.17, 15) is 9.59 Å². The van der Waals surface area contributed by atoms with Gasteiger partial charge in [0.05, 0.1) is 12.8 Å². The van der Waals surface area contributed by atoms with Gasteiger partial charge < -0.3 is 10.1 Å². The summed E-state index contributed by atoms with van der Waals surface area (Å²) < 4.78 is 6.41. The molecule has 0 bridgehead atoms. The zero-order valence-corrected chi connectivity index (χ0v) is 17.4. The van der Waals surface area contributed by atoms with E-state index in [1.807, 2.05) is 6.92 Å². The van der Waals surface area contributed by atoms with Crippen molar-refractivity contribution in [2.75, 3.05) is 24.4 Å². The first kappa shape index (κ1) is 21.5. The lowest BCUT2D eigenvalue weighted by Gasteiger charge is -2.15. The van der Waals surface area contributed by atoms with Crippen molar-refractivity contribution in [1.29, 1.82) is 0 Å². The predicted octanol–water partition coefficient (Wildman–Crippen LogP) is 4.36. The Morgan fingerprint density at radius 2 is 1.96 bits per heavy atom. The number of methoxy groups -OCH3 is 1. The fraction of sp³-hybridized carbons (Fsp3) is 0.350. The highest BCUT2D eigenvalue weighted by Gasteiger charge is 2.13. The molecule has 0 spiro atoms. The average Bonchev–Trinajstić information content (AvgIpc) is 2.91. The summed E-state index contributed by atoms with van der Waals surface area (Å²) in [6.07, 6.45) is 2.62. The summed E-state index contributed by atoms with van der Waals surface area (Å²) in [5.41, 5.74) is 2.76. The monoisotopic (exact) mass is 404 g/mol. The van der Waals surface area contributed by atoms with Gasteiger partial charge in [0, 0.05) is 36.6 Å². The van der Waals surface area contributed by atoms with E-state index in [1.165, 1.54) is 18.1 Å². The van der Waals surface area contributed by atoms with Crippen LogP contribution in [0.25, 0.3) is 6.08 Å². The number of aryl methyl sites for hydroxylation is 1. The van der Waals surface area contributed by atoms with Gasteiger partial charge >= 0.3 is 6.09 Å². The van der Waals surface area contributed by atoms with Crippen molar-refractivity contribution in [2.45, 2.75) is 27.3 Å². The number of hydrogen-bond donors (Lipinski definition) is 1. The van der Waals surface area contributed by atoms with Crippen LogP contribution in [0, 0.1) is 12.8 Å². The first-order valence-electron chi connectivity index (χ1n) is 8.86. The molecule has 150 valence electrons. The summed E-state index contributed by atoms with van der Waals surface area (Å²) >= 11 is 6.38. The van der Waals surface area contributed by atoms with Crippen LogP contribution in [0.3, 0.4) is 0 Å². The minimum absolute atomic E-state index is 0.291. The van der Waals surface area contributed by atoms with Crippen LogP contribution in [0.1, 0.15) is 25.1 Å². The molecule has 0 radical (unpaired) electrons. The minimum atomic E-state index is -0.468. The van der Waals surface area contributed by atoms with Gasteiger partial charge in [-0.1, -0.05) is 25.4 Å². The number of aromatic nitrogens is 2. The largest absolute Gasteiger partial charge is 0.452 e. The molecule has 7 nitrogen and oxygen atoms in total. The van der Waals surface area contributed by atoms with Crippen molar-refractivity contribution in [1.82, 2.24) is 9.78 Å². The SMILES string of the molecule is COC(=O)N(C)c1ccc(NC(=O)/C=C/c2c(C)nn(CC(C)C)c2Cl)cc1. The van der Waals surface area contributed by atoms with Crippen molar-refractivity contribution < 1.29 is 14.3 Å². The van der Waals surface area contributed by atoms with E-state index in [0.29, 0.717) is 29.0 Å². The first-order valence-corrected chi connectivity index (χ1v) is 9.24. The first-order chi connectivity index (χ1) is 13.2. The Balaban J connectivity index is 2.04. The van der Waals surface area contributed by atoms with E-state index in [1.54, 1.807) is 42.1 Å². The van der Waals surface area contributed by atoms with Crippen LogP contribution in [-0.2, 0) is 16.1 Å². The lowest BCUT2D eigenvalue weighted by Crippen LogP contribution is -2.25. The molecule has 8 heteroatoms. The van der Waals surface area contributed by atoms with Crippen LogP contribution in [0.5, 0.6) is 0 Å². The molecular formula is C20H25ClN4O3. The second kappa shape index (κ2) is 9.41. The molecule has 0 saturated carbocycles. The maximum atomic E-state index is 12.2. The summed E-state index contributed by atoms with van der Waals surface area (Å²) in [5, 5.41) is 7.71. The Hall–Kier alpha value is -2.80. The molecule has 1 aromatic carbocycles. The van der Waals surface area contributed by atoms with Crippen molar-refractivity contribution in [2.24, 2.45) is 5.92 Å². The maximum Gasteiger partial charge on any atom is 0.413 e. The molecule has 0 fully saturated rings. The van der Waals surface area contributed by atoms with Gasteiger partial charge in [-0.25, -0.2) is 4.79 Å². The summed E-state index contributed by atoms with van der Waals surface area (Å²) in [6, 6.07) is 6.85. The zero-order valence-electron chi connectivity index (χ0n) is 16.7. The van der Waals surface area contributed by atoms with Gasteiger partial charge in [0.2, 0.25) is 5.91 Å². The molecule has 28 heavy (non-hydrogen) atoms. The number of rotatable bonds is 6.